The molecule has 4 fully saturated rings. The van der Waals surface area contributed by atoms with Crippen LogP contribution >= 0.6 is 0 Å². The van der Waals surface area contributed by atoms with Gasteiger partial charge in [-0.3, -0.25) is 14.4 Å². The van der Waals surface area contributed by atoms with Crippen LogP contribution in [0.2, 0.25) is 0 Å². The number of nitrogens with one attached hydrogen (secondary N) is 1. The molecule has 0 radical (unpaired) electrons. The van der Waals surface area contributed by atoms with Gasteiger partial charge in [-0.05, 0) is 19.9 Å². The van der Waals surface area contributed by atoms with Crippen LogP contribution in [0.4, 0.5) is 0 Å². The maximum atomic E-state index is 12.7. The number of ether oxygens (including phenoxy) is 3. The molecular weight excluding hydrogens is 406 g/mol. The molecule has 4 saturated heterocycles. The van der Waals surface area contributed by atoms with Crippen LogP contribution in [0, 0.1) is 11.8 Å². The highest BCUT2D eigenvalue weighted by atomic mass is 16.8. The minimum absolute atomic E-state index is 0.116. The third kappa shape index (κ3) is 3.27. The highest BCUT2D eigenvalue weighted by Crippen LogP contribution is 2.57. The Hall–Kier alpha value is -2.33. The van der Waals surface area contributed by atoms with Gasteiger partial charge in [-0.2, -0.15) is 0 Å². The first-order valence-electron chi connectivity index (χ1n) is 10.3. The molecule has 4 rings (SSSR count). The first kappa shape index (κ1) is 21.9. The lowest BCUT2D eigenvalue weighted by Gasteiger charge is -2.51. The molecule has 0 spiro atoms. The van der Waals surface area contributed by atoms with Gasteiger partial charge in [0, 0.05) is 11.8 Å². The molecule has 2 bridgehead atoms. The molecule has 9 heteroatoms. The van der Waals surface area contributed by atoms with Gasteiger partial charge < -0.3 is 29.7 Å². The van der Waals surface area contributed by atoms with Crippen molar-refractivity contribution in [3.8, 4) is 0 Å². The van der Waals surface area contributed by atoms with Gasteiger partial charge in [-0.25, -0.2) is 0 Å². The van der Waals surface area contributed by atoms with E-state index in [1.54, 1.807) is 13.0 Å². The number of aliphatic hydroxyl groups is 2. The molecule has 4 heterocycles. The van der Waals surface area contributed by atoms with E-state index >= 15 is 0 Å². The fraction of sp³-hybridized carbons (Fsp3) is 0.591. The number of Topliss-reactive ketones (excluding diaryl/α,β-unsaturated/α-hetero) is 2. The minimum Gasteiger partial charge on any atom is -0.507 e. The van der Waals surface area contributed by atoms with Crippen LogP contribution in [0.3, 0.4) is 0 Å². The second kappa shape index (κ2) is 7.37. The highest BCUT2D eigenvalue weighted by Gasteiger charge is 2.78. The average Bonchev–Trinajstić information content (AvgIpc) is 3.40. The van der Waals surface area contributed by atoms with E-state index in [0.717, 1.165) is 5.57 Å². The summed E-state index contributed by atoms with van der Waals surface area (Å²) < 4.78 is 17.8. The largest absolute Gasteiger partial charge is 0.507 e. The number of amides is 1. The van der Waals surface area contributed by atoms with Crippen molar-refractivity contribution < 1.29 is 38.8 Å². The molecular formula is C22H27NO8. The van der Waals surface area contributed by atoms with E-state index in [9.17, 15) is 24.6 Å². The molecule has 7 atom stereocenters. The van der Waals surface area contributed by atoms with Gasteiger partial charge in [-0.15, -0.1) is 0 Å². The number of aliphatic hydroxyl groups excluding tert-OH is 2. The Kier molecular flexibility index (Phi) is 5.20. The molecule has 7 unspecified atom stereocenters. The van der Waals surface area contributed by atoms with Gasteiger partial charge in [-0.1, -0.05) is 31.6 Å². The van der Waals surface area contributed by atoms with Crippen molar-refractivity contribution in [2.75, 3.05) is 13.2 Å². The second-order valence-corrected chi connectivity index (χ2v) is 8.84. The van der Waals surface area contributed by atoms with E-state index in [4.69, 9.17) is 14.2 Å². The molecule has 0 aromatic carbocycles. The summed E-state index contributed by atoms with van der Waals surface area (Å²) in [7, 11) is 0. The van der Waals surface area contributed by atoms with Crippen molar-refractivity contribution in [2.45, 2.75) is 57.4 Å². The zero-order chi connectivity index (χ0) is 22.7. The van der Waals surface area contributed by atoms with Crippen LogP contribution in [0.5, 0.6) is 0 Å². The Labute approximate surface area is 179 Å². The van der Waals surface area contributed by atoms with Crippen LogP contribution in [-0.4, -0.2) is 70.5 Å². The number of hydrogen-bond donors (Lipinski definition) is 3. The molecule has 0 aromatic rings. The van der Waals surface area contributed by atoms with E-state index in [1.807, 2.05) is 26.8 Å². The smallest absolute Gasteiger partial charge is 0.259 e. The highest BCUT2D eigenvalue weighted by molar-refractivity contribution is 6.25. The minimum atomic E-state index is -1.23. The van der Waals surface area contributed by atoms with Crippen LogP contribution < -0.4 is 5.32 Å². The summed E-state index contributed by atoms with van der Waals surface area (Å²) in [6.45, 7) is 6.84. The molecule has 9 nitrogen and oxygen atoms in total. The van der Waals surface area contributed by atoms with Crippen LogP contribution in [0.1, 0.15) is 27.7 Å². The molecule has 3 N–H and O–H groups in total. The summed E-state index contributed by atoms with van der Waals surface area (Å²) in [4.78, 5) is 36.0. The van der Waals surface area contributed by atoms with Crippen molar-refractivity contribution in [1.29, 1.82) is 0 Å². The van der Waals surface area contributed by atoms with E-state index in [0.29, 0.717) is 0 Å². The molecule has 0 aromatic heterocycles. The van der Waals surface area contributed by atoms with Gasteiger partial charge in [0.2, 0.25) is 5.79 Å². The van der Waals surface area contributed by atoms with Crippen LogP contribution in [0.15, 0.2) is 35.1 Å². The standard InChI is InChI=1S/C22H27NO8/c1-10(5-6-13(25)15-14(26)8-23-20(15)28)7-11(2)17-12(3)18-16(27)19-22(9-24,31-19)21(4,29-17)30-18/h5-7,11-12,17-19,24-25H,8-9H2,1-4H3,(H,23,28)/b6-5+,10-7+,15-13?. The first-order chi connectivity index (χ1) is 14.5. The number of epoxide rings is 1. The maximum absolute atomic E-state index is 12.7. The summed E-state index contributed by atoms with van der Waals surface area (Å²) in [5, 5.41) is 22.3. The predicted molar refractivity (Wildman–Crippen MR) is 107 cm³/mol. The quantitative estimate of drug-likeness (QED) is 0.187. The van der Waals surface area contributed by atoms with E-state index < -0.39 is 35.3 Å². The summed E-state index contributed by atoms with van der Waals surface area (Å²) >= 11 is 0. The Morgan fingerprint density at radius 2 is 1.97 bits per heavy atom. The Morgan fingerprint density at radius 3 is 2.58 bits per heavy atom. The molecule has 4 aliphatic heterocycles. The van der Waals surface area contributed by atoms with Gasteiger partial charge in [0.05, 0.1) is 19.3 Å². The molecule has 1 amide bonds. The normalized spacial score (nSPS) is 42.5. The summed E-state index contributed by atoms with van der Waals surface area (Å²) in [6.07, 6.45) is 3.07. The first-order valence-corrected chi connectivity index (χ1v) is 10.3. The molecule has 0 saturated carbocycles. The third-order valence-electron chi connectivity index (χ3n) is 6.67. The Bertz CT molecular complexity index is 918. The van der Waals surface area contributed by atoms with Crippen molar-refractivity contribution in [1.82, 2.24) is 5.32 Å². The topological polar surface area (TPSA) is 135 Å². The number of carbonyl (C=O) groups is 3. The average molecular weight is 433 g/mol. The number of carbonyl (C=O) groups excluding carboxylic acids is 3. The van der Waals surface area contributed by atoms with Gasteiger partial charge >= 0.3 is 0 Å². The lowest BCUT2D eigenvalue weighted by atomic mass is 9.78. The van der Waals surface area contributed by atoms with Crippen molar-refractivity contribution >= 4 is 17.5 Å². The summed E-state index contributed by atoms with van der Waals surface area (Å²) in [5.41, 5.74) is -0.637. The van der Waals surface area contributed by atoms with E-state index in [1.165, 1.54) is 6.08 Å². The summed E-state index contributed by atoms with van der Waals surface area (Å²) in [6, 6.07) is 0. The second-order valence-electron chi connectivity index (χ2n) is 8.84. The number of ketones is 2. The number of rotatable bonds is 5. The number of allylic oxidation sites excluding steroid dienone is 3. The number of hydrogen-bond acceptors (Lipinski definition) is 8. The predicted octanol–water partition coefficient (Wildman–Crippen LogP) is 0.485. The van der Waals surface area contributed by atoms with Gasteiger partial charge in [0.15, 0.2) is 23.3 Å². The molecule has 31 heavy (non-hydrogen) atoms. The molecule has 0 aliphatic carbocycles. The fourth-order valence-corrected chi connectivity index (χ4v) is 4.82. The van der Waals surface area contributed by atoms with E-state index in [-0.39, 0.29) is 48.2 Å². The van der Waals surface area contributed by atoms with Crippen molar-refractivity contribution in [2.24, 2.45) is 11.8 Å². The zero-order valence-corrected chi connectivity index (χ0v) is 17.9. The molecule has 4 aliphatic rings. The van der Waals surface area contributed by atoms with Crippen LogP contribution in [0.25, 0.3) is 0 Å². The van der Waals surface area contributed by atoms with Crippen molar-refractivity contribution in [3.05, 3.63) is 35.1 Å². The Balaban J connectivity index is 1.53. The number of fused-ring (bicyclic) bond motifs is 4. The monoisotopic (exact) mass is 433 g/mol. The van der Waals surface area contributed by atoms with Gasteiger partial charge in [0.1, 0.15) is 17.4 Å². The van der Waals surface area contributed by atoms with Crippen LogP contribution in [-0.2, 0) is 28.6 Å². The van der Waals surface area contributed by atoms with E-state index in [2.05, 4.69) is 5.32 Å². The maximum Gasteiger partial charge on any atom is 0.259 e. The zero-order valence-electron chi connectivity index (χ0n) is 17.9. The van der Waals surface area contributed by atoms with Crippen molar-refractivity contribution in [3.63, 3.8) is 0 Å². The molecule has 168 valence electrons. The third-order valence-corrected chi connectivity index (χ3v) is 6.67. The summed E-state index contributed by atoms with van der Waals surface area (Å²) in [5.74, 6) is -3.20. The lowest BCUT2D eigenvalue weighted by Crippen LogP contribution is -2.67. The Morgan fingerprint density at radius 1 is 1.26 bits per heavy atom. The van der Waals surface area contributed by atoms with Gasteiger partial charge in [0.25, 0.3) is 5.91 Å². The lowest BCUT2D eigenvalue weighted by molar-refractivity contribution is -0.355. The SMILES string of the molecule is CC(/C=C/C(O)=C1C(=O)CNC1=O)=C\C(C)C1OC2(C)OC(C(=O)C3OC32CO)C1C. The fourth-order valence-electron chi connectivity index (χ4n) is 4.82.